The van der Waals surface area contributed by atoms with E-state index in [2.05, 4.69) is 48.6 Å². The Labute approximate surface area is 183 Å². The summed E-state index contributed by atoms with van der Waals surface area (Å²) in [6, 6.07) is 22.5. The number of rotatable bonds is 7. The monoisotopic (exact) mass is 411 g/mol. The van der Waals surface area contributed by atoms with Gasteiger partial charge in [0, 0.05) is 5.56 Å². The fraction of sp³-hybridized carbons (Fsp3) is 0.192. The molecular formula is C26H25N3O2. The Bertz CT molecular complexity index is 1110. The summed E-state index contributed by atoms with van der Waals surface area (Å²) >= 11 is 0. The molecule has 0 saturated heterocycles. The molecule has 1 amide bonds. The summed E-state index contributed by atoms with van der Waals surface area (Å²) in [5, 5.41) is 12.8. The molecule has 5 heteroatoms. The lowest BCUT2D eigenvalue weighted by Crippen LogP contribution is -2.17. The zero-order valence-corrected chi connectivity index (χ0v) is 17.9. The van der Waals surface area contributed by atoms with E-state index in [1.165, 1.54) is 11.8 Å². The fourth-order valence-corrected chi connectivity index (χ4v) is 3.03. The van der Waals surface area contributed by atoms with E-state index in [0.29, 0.717) is 23.7 Å². The molecule has 0 heterocycles. The van der Waals surface area contributed by atoms with Crippen LogP contribution in [0.4, 0.5) is 0 Å². The number of nitriles is 1. The van der Waals surface area contributed by atoms with Gasteiger partial charge in [0.25, 0.3) is 5.91 Å². The van der Waals surface area contributed by atoms with E-state index in [0.717, 1.165) is 22.4 Å². The molecule has 3 aromatic carbocycles. The smallest absolute Gasteiger partial charge is 0.271 e. The van der Waals surface area contributed by atoms with E-state index in [1.54, 1.807) is 36.4 Å². The number of aryl methyl sites for hydroxylation is 1. The number of hydrogen-bond donors (Lipinski definition) is 1. The quantitative estimate of drug-likeness (QED) is 0.422. The molecule has 0 aliphatic heterocycles. The SMILES string of the molecule is Cc1ccc(C(C)C)c(OCc2ccc(C(=O)N/N=C/c3ccc(C#N)cc3)cc2)c1. The molecule has 1 N–H and O–H groups in total. The zero-order valence-electron chi connectivity index (χ0n) is 17.9. The van der Waals surface area contributed by atoms with Crippen molar-refractivity contribution < 1.29 is 9.53 Å². The molecule has 0 fully saturated rings. The Morgan fingerprint density at radius 3 is 2.45 bits per heavy atom. The van der Waals surface area contributed by atoms with Crippen molar-refractivity contribution in [1.29, 1.82) is 5.26 Å². The van der Waals surface area contributed by atoms with Crippen molar-refractivity contribution in [3.63, 3.8) is 0 Å². The Morgan fingerprint density at radius 1 is 1.10 bits per heavy atom. The highest BCUT2D eigenvalue weighted by molar-refractivity contribution is 5.94. The molecule has 0 bridgehead atoms. The largest absolute Gasteiger partial charge is 0.489 e. The second-order valence-electron chi connectivity index (χ2n) is 7.61. The minimum absolute atomic E-state index is 0.293. The van der Waals surface area contributed by atoms with Crippen LogP contribution < -0.4 is 10.2 Å². The number of nitrogens with zero attached hydrogens (tertiary/aromatic N) is 2. The van der Waals surface area contributed by atoms with E-state index in [4.69, 9.17) is 10.00 Å². The van der Waals surface area contributed by atoms with Gasteiger partial charge in [-0.05, 0) is 65.4 Å². The number of benzene rings is 3. The summed E-state index contributed by atoms with van der Waals surface area (Å²) in [4.78, 5) is 12.3. The standard InChI is InChI=1S/C26H25N3O2/c1-18(2)24-13-4-19(3)14-25(24)31-17-22-9-11-23(12-10-22)26(30)29-28-16-21-7-5-20(15-27)6-8-21/h4-14,16,18H,17H2,1-3H3,(H,29,30)/b28-16+. The van der Waals surface area contributed by atoms with Crippen LogP contribution in [0.25, 0.3) is 0 Å². The minimum atomic E-state index is -0.293. The van der Waals surface area contributed by atoms with Crippen molar-refractivity contribution in [3.05, 3.63) is 100 Å². The summed E-state index contributed by atoms with van der Waals surface area (Å²) in [7, 11) is 0. The van der Waals surface area contributed by atoms with Crippen molar-refractivity contribution in [1.82, 2.24) is 5.43 Å². The molecule has 31 heavy (non-hydrogen) atoms. The second-order valence-corrected chi connectivity index (χ2v) is 7.61. The molecule has 5 nitrogen and oxygen atoms in total. The highest BCUT2D eigenvalue weighted by Gasteiger charge is 2.09. The molecule has 0 atom stereocenters. The predicted molar refractivity (Wildman–Crippen MR) is 122 cm³/mol. The maximum absolute atomic E-state index is 12.3. The molecule has 0 unspecified atom stereocenters. The number of carbonyl (C=O) groups is 1. The van der Waals surface area contributed by atoms with Gasteiger partial charge in [0.1, 0.15) is 12.4 Å². The van der Waals surface area contributed by atoms with Gasteiger partial charge in [0.05, 0.1) is 17.8 Å². The number of carbonyl (C=O) groups excluding carboxylic acids is 1. The maximum atomic E-state index is 12.3. The Hall–Kier alpha value is -3.91. The molecule has 3 aromatic rings. The first-order valence-electron chi connectivity index (χ1n) is 10.1. The lowest BCUT2D eigenvalue weighted by molar-refractivity contribution is 0.0955. The Morgan fingerprint density at radius 2 is 1.81 bits per heavy atom. The van der Waals surface area contributed by atoms with Crippen molar-refractivity contribution in [2.45, 2.75) is 33.3 Å². The lowest BCUT2D eigenvalue weighted by Gasteiger charge is -2.15. The van der Waals surface area contributed by atoms with E-state index in [-0.39, 0.29) is 5.91 Å². The van der Waals surface area contributed by atoms with Crippen molar-refractivity contribution in [3.8, 4) is 11.8 Å². The third kappa shape index (κ3) is 6.03. The van der Waals surface area contributed by atoms with Crippen LogP contribution in [-0.2, 0) is 6.61 Å². The van der Waals surface area contributed by atoms with Gasteiger partial charge in [0.15, 0.2) is 0 Å². The Balaban J connectivity index is 1.57. The van der Waals surface area contributed by atoms with Gasteiger partial charge in [-0.3, -0.25) is 4.79 Å². The second kappa shape index (κ2) is 10.2. The topological polar surface area (TPSA) is 74.5 Å². The van der Waals surface area contributed by atoms with Crippen molar-refractivity contribution >= 4 is 12.1 Å². The van der Waals surface area contributed by atoms with Gasteiger partial charge in [-0.25, -0.2) is 5.43 Å². The van der Waals surface area contributed by atoms with E-state index in [9.17, 15) is 4.79 Å². The molecule has 0 aliphatic rings. The first-order chi connectivity index (χ1) is 15.0. The molecule has 156 valence electrons. The number of hydrazone groups is 1. The summed E-state index contributed by atoms with van der Waals surface area (Å²) in [5.74, 6) is 0.985. The minimum Gasteiger partial charge on any atom is -0.489 e. The van der Waals surface area contributed by atoms with Crippen LogP contribution >= 0.6 is 0 Å². The molecule has 0 radical (unpaired) electrons. The highest BCUT2D eigenvalue weighted by Crippen LogP contribution is 2.28. The first kappa shape index (κ1) is 21.8. The van der Waals surface area contributed by atoms with E-state index in [1.807, 2.05) is 19.1 Å². The van der Waals surface area contributed by atoms with Crippen LogP contribution in [-0.4, -0.2) is 12.1 Å². The molecule has 0 aromatic heterocycles. The molecular weight excluding hydrogens is 386 g/mol. The Kier molecular flexibility index (Phi) is 7.18. The fourth-order valence-electron chi connectivity index (χ4n) is 3.03. The average Bonchev–Trinajstić information content (AvgIpc) is 2.78. The van der Waals surface area contributed by atoms with Crippen molar-refractivity contribution in [2.75, 3.05) is 0 Å². The van der Waals surface area contributed by atoms with Gasteiger partial charge in [-0.15, -0.1) is 0 Å². The van der Waals surface area contributed by atoms with Gasteiger partial charge in [-0.2, -0.15) is 10.4 Å². The van der Waals surface area contributed by atoms with Gasteiger partial charge >= 0.3 is 0 Å². The highest BCUT2D eigenvalue weighted by atomic mass is 16.5. The van der Waals surface area contributed by atoms with Crippen molar-refractivity contribution in [2.24, 2.45) is 5.10 Å². The van der Waals surface area contributed by atoms with Crippen LogP contribution in [0.15, 0.2) is 71.8 Å². The van der Waals surface area contributed by atoms with E-state index < -0.39 is 0 Å². The van der Waals surface area contributed by atoms with Crippen LogP contribution in [0.3, 0.4) is 0 Å². The lowest BCUT2D eigenvalue weighted by atomic mass is 10.0. The van der Waals surface area contributed by atoms with Crippen LogP contribution in [0, 0.1) is 18.3 Å². The number of nitrogens with one attached hydrogen (secondary N) is 1. The van der Waals surface area contributed by atoms with Gasteiger partial charge in [-0.1, -0.05) is 50.2 Å². The van der Waals surface area contributed by atoms with Crippen LogP contribution in [0.1, 0.15) is 57.9 Å². The zero-order chi connectivity index (χ0) is 22.2. The predicted octanol–water partition coefficient (Wildman–Crippen LogP) is 5.33. The van der Waals surface area contributed by atoms with Crippen LogP contribution in [0.2, 0.25) is 0 Å². The van der Waals surface area contributed by atoms with Gasteiger partial charge < -0.3 is 4.74 Å². The molecule has 3 rings (SSSR count). The first-order valence-corrected chi connectivity index (χ1v) is 10.1. The summed E-state index contributed by atoms with van der Waals surface area (Å²) in [5.41, 5.74) is 7.72. The third-order valence-electron chi connectivity index (χ3n) is 4.82. The molecule has 0 saturated carbocycles. The average molecular weight is 412 g/mol. The summed E-state index contributed by atoms with van der Waals surface area (Å²) in [6.45, 7) is 6.78. The summed E-state index contributed by atoms with van der Waals surface area (Å²) < 4.78 is 6.05. The van der Waals surface area contributed by atoms with Crippen LogP contribution in [0.5, 0.6) is 5.75 Å². The normalized spacial score (nSPS) is 10.8. The molecule has 0 aliphatic carbocycles. The van der Waals surface area contributed by atoms with Gasteiger partial charge in [0.2, 0.25) is 0 Å². The van der Waals surface area contributed by atoms with E-state index >= 15 is 0 Å². The maximum Gasteiger partial charge on any atom is 0.271 e. The number of amides is 1. The number of ether oxygens (including phenoxy) is 1. The number of hydrogen-bond acceptors (Lipinski definition) is 4. The molecule has 0 spiro atoms. The third-order valence-corrected chi connectivity index (χ3v) is 4.82. The summed E-state index contributed by atoms with van der Waals surface area (Å²) in [6.07, 6.45) is 1.54.